The molecule has 2 aromatic heterocycles. The molecule has 2 saturated heterocycles. The Morgan fingerprint density at radius 3 is 2.48 bits per heavy atom. The van der Waals surface area contributed by atoms with E-state index in [1.165, 1.54) is 12.1 Å². The average molecular weight is 546 g/mol. The molecule has 0 bridgehead atoms. The molecule has 2 fully saturated rings. The van der Waals surface area contributed by atoms with Gasteiger partial charge in [0.25, 0.3) is 5.91 Å². The van der Waals surface area contributed by atoms with Gasteiger partial charge in [0, 0.05) is 30.8 Å². The minimum atomic E-state index is -1.78. The highest BCUT2D eigenvalue weighted by Gasteiger charge is 2.51. The summed E-state index contributed by atoms with van der Waals surface area (Å²) in [5.74, 6) is -1.67. The third kappa shape index (κ3) is 5.18. The number of para-hydroxylation sites is 1. The van der Waals surface area contributed by atoms with E-state index in [9.17, 15) is 9.18 Å². The fourth-order valence-corrected chi connectivity index (χ4v) is 4.60. The van der Waals surface area contributed by atoms with Gasteiger partial charge < -0.3 is 28.8 Å². The number of hydrogen-bond donors (Lipinski definition) is 1. The Bertz CT molecular complexity index is 1470. The highest BCUT2D eigenvalue weighted by molar-refractivity contribution is 5.86. The number of carbonyl (C=O) groups excluding carboxylic acids is 1. The maximum absolute atomic E-state index is 13.9. The van der Waals surface area contributed by atoms with Crippen molar-refractivity contribution in [3.05, 3.63) is 78.5 Å². The van der Waals surface area contributed by atoms with Crippen LogP contribution in [0.3, 0.4) is 0 Å². The zero-order chi connectivity index (χ0) is 27.5. The first-order chi connectivity index (χ1) is 19.5. The number of nitrogens with zero attached hydrogens (tertiary/aromatic N) is 4. The first-order valence-corrected chi connectivity index (χ1v) is 13.1. The van der Waals surface area contributed by atoms with Crippen molar-refractivity contribution in [2.45, 2.75) is 12.7 Å². The van der Waals surface area contributed by atoms with Crippen molar-refractivity contribution in [1.82, 2.24) is 24.8 Å². The van der Waals surface area contributed by atoms with E-state index in [1.54, 1.807) is 41.4 Å². The van der Waals surface area contributed by atoms with Crippen molar-refractivity contribution in [2.24, 2.45) is 5.92 Å². The molecular weight excluding hydrogens is 517 g/mol. The fourth-order valence-electron chi connectivity index (χ4n) is 4.60. The van der Waals surface area contributed by atoms with Gasteiger partial charge in [-0.15, -0.1) is 0 Å². The predicted octanol–water partition coefficient (Wildman–Crippen LogP) is 4.16. The summed E-state index contributed by atoms with van der Waals surface area (Å²) in [6, 6.07) is 16.9. The van der Waals surface area contributed by atoms with E-state index in [1.807, 2.05) is 25.1 Å². The van der Waals surface area contributed by atoms with Crippen molar-refractivity contribution in [3.8, 4) is 34.4 Å². The molecule has 40 heavy (non-hydrogen) atoms. The van der Waals surface area contributed by atoms with Gasteiger partial charge in [-0.05, 0) is 42.5 Å². The Labute approximate surface area is 230 Å². The number of morpholine rings is 1. The molecule has 2 aromatic carbocycles. The minimum Gasteiger partial charge on any atom is -0.424 e. The second kappa shape index (κ2) is 11.1. The van der Waals surface area contributed by atoms with Crippen molar-refractivity contribution < 1.29 is 28.1 Å². The number of halogens is 1. The van der Waals surface area contributed by atoms with E-state index < -0.39 is 5.79 Å². The van der Waals surface area contributed by atoms with E-state index in [4.69, 9.17) is 23.9 Å². The summed E-state index contributed by atoms with van der Waals surface area (Å²) in [5, 5.41) is 0. The molecule has 0 atom stereocenters. The fraction of sp³-hybridized carbons (Fsp3) is 0.310. The number of H-pyrrole nitrogens is 1. The lowest BCUT2D eigenvalue weighted by atomic mass is 10.1. The van der Waals surface area contributed by atoms with Crippen molar-refractivity contribution >= 4 is 5.91 Å². The number of imidazole rings is 1. The van der Waals surface area contributed by atoms with Gasteiger partial charge in [0.05, 0.1) is 43.5 Å². The zero-order valence-electron chi connectivity index (χ0n) is 21.9. The minimum absolute atomic E-state index is 0.0937. The number of amides is 1. The molecule has 0 radical (unpaired) electrons. The van der Waals surface area contributed by atoms with Crippen LogP contribution < -0.4 is 4.74 Å². The summed E-state index contributed by atoms with van der Waals surface area (Å²) in [5.41, 5.74) is 1.99. The summed E-state index contributed by atoms with van der Waals surface area (Å²) in [7, 11) is 0. The van der Waals surface area contributed by atoms with E-state index in [0.717, 1.165) is 0 Å². The smallest absolute Gasteiger partial charge is 0.322 e. The standard InChI is InChI=1S/C29H28FN5O5/c1-19-17-38-29(39-18-19,27(36)35-13-15-37-16-14-35)26-33-24(20-7-9-21(30)10-8-20)25(34-26)23-11-12-31-28(32-23)40-22-5-3-2-4-6-22/h2-12,19H,13-18H2,1H3,(H,33,34). The number of benzene rings is 2. The van der Waals surface area contributed by atoms with Crippen LogP contribution in [0.25, 0.3) is 22.6 Å². The van der Waals surface area contributed by atoms with Crippen LogP contribution in [0.2, 0.25) is 0 Å². The van der Waals surface area contributed by atoms with Gasteiger partial charge in [-0.1, -0.05) is 25.1 Å². The number of ether oxygens (including phenoxy) is 4. The lowest BCUT2D eigenvalue weighted by Crippen LogP contribution is -2.56. The molecule has 2 aliphatic heterocycles. The number of aromatic nitrogens is 4. The third-order valence-corrected chi connectivity index (χ3v) is 6.70. The van der Waals surface area contributed by atoms with Gasteiger partial charge in [-0.2, -0.15) is 4.98 Å². The molecule has 0 unspecified atom stereocenters. The molecule has 11 heteroatoms. The molecule has 0 spiro atoms. The maximum atomic E-state index is 13.9. The van der Waals surface area contributed by atoms with E-state index in [0.29, 0.717) is 67.9 Å². The largest absolute Gasteiger partial charge is 0.424 e. The van der Waals surface area contributed by atoms with Crippen LogP contribution in [0.15, 0.2) is 66.9 Å². The number of carbonyl (C=O) groups is 1. The average Bonchev–Trinajstić information content (AvgIpc) is 3.45. The first-order valence-electron chi connectivity index (χ1n) is 13.1. The molecule has 10 nitrogen and oxygen atoms in total. The Hall–Kier alpha value is -4.19. The SMILES string of the molecule is CC1COC(C(=O)N2CCOCC2)(c2nc(-c3ccc(F)cc3)c(-c3ccnc(Oc4ccccc4)n3)[nH]2)OC1. The normalized spacial score (nSPS) is 21.2. The van der Waals surface area contributed by atoms with Crippen LogP contribution in [0.5, 0.6) is 11.8 Å². The molecule has 0 aliphatic carbocycles. The summed E-state index contributed by atoms with van der Waals surface area (Å²) < 4.78 is 37.5. The maximum Gasteiger partial charge on any atom is 0.322 e. The lowest BCUT2D eigenvalue weighted by Gasteiger charge is -2.40. The third-order valence-electron chi connectivity index (χ3n) is 6.70. The summed E-state index contributed by atoms with van der Waals surface area (Å²) in [4.78, 5) is 32.5. The van der Waals surface area contributed by atoms with Gasteiger partial charge in [-0.25, -0.2) is 14.4 Å². The van der Waals surface area contributed by atoms with Gasteiger partial charge in [0.1, 0.15) is 11.6 Å². The topological polar surface area (TPSA) is 112 Å². The Morgan fingerprint density at radius 2 is 1.75 bits per heavy atom. The molecule has 2 aliphatic rings. The van der Waals surface area contributed by atoms with Gasteiger partial charge in [0.2, 0.25) is 0 Å². The summed E-state index contributed by atoms with van der Waals surface area (Å²) >= 11 is 0. The van der Waals surface area contributed by atoms with E-state index >= 15 is 0 Å². The Kier molecular flexibility index (Phi) is 7.25. The van der Waals surface area contributed by atoms with Crippen LogP contribution in [-0.2, 0) is 24.8 Å². The van der Waals surface area contributed by atoms with Crippen molar-refractivity contribution in [1.29, 1.82) is 0 Å². The highest BCUT2D eigenvalue weighted by Crippen LogP contribution is 2.38. The van der Waals surface area contributed by atoms with E-state index in [-0.39, 0.29) is 29.5 Å². The molecule has 206 valence electrons. The monoisotopic (exact) mass is 545 g/mol. The van der Waals surface area contributed by atoms with Crippen LogP contribution in [-0.4, -0.2) is 70.3 Å². The Balaban J connectivity index is 1.45. The molecule has 6 rings (SSSR count). The lowest BCUT2D eigenvalue weighted by molar-refractivity contribution is -0.284. The Morgan fingerprint density at radius 1 is 1.02 bits per heavy atom. The molecule has 1 amide bonds. The summed E-state index contributed by atoms with van der Waals surface area (Å²) in [6.07, 6.45) is 1.57. The zero-order valence-corrected chi connectivity index (χ0v) is 21.9. The van der Waals surface area contributed by atoms with Crippen LogP contribution in [0.4, 0.5) is 4.39 Å². The number of aromatic amines is 1. The number of hydrogen-bond acceptors (Lipinski definition) is 8. The van der Waals surface area contributed by atoms with Crippen LogP contribution in [0, 0.1) is 11.7 Å². The van der Waals surface area contributed by atoms with Crippen LogP contribution >= 0.6 is 0 Å². The van der Waals surface area contributed by atoms with Crippen molar-refractivity contribution in [2.75, 3.05) is 39.5 Å². The van der Waals surface area contributed by atoms with Gasteiger partial charge in [0.15, 0.2) is 5.82 Å². The second-order valence-electron chi connectivity index (χ2n) is 9.70. The second-order valence-corrected chi connectivity index (χ2v) is 9.70. The number of nitrogens with one attached hydrogen (secondary N) is 1. The van der Waals surface area contributed by atoms with Crippen molar-refractivity contribution in [3.63, 3.8) is 0 Å². The molecule has 1 N–H and O–H groups in total. The molecular formula is C29H28FN5O5. The first kappa shape index (κ1) is 26.1. The van der Waals surface area contributed by atoms with Crippen LogP contribution in [0.1, 0.15) is 12.7 Å². The summed E-state index contributed by atoms with van der Waals surface area (Å²) in [6.45, 7) is 4.26. The van der Waals surface area contributed by atoms with Gasteiger partial charge in [-0.3, -0.25) is 4.79 Å². The van der Waals surface area contributed by atoms with E-state index in [2.05, 4.69) is 15.0 Å². The van der Waals surface area contributed by atoms with Gasteiger partial charge >= 0.3 is 11.8 Å². The quantitative estimate of drug-likeness (QED) is 0.385. The molecule has 4 aromatic rings. The molecule has 0 saturated carbocycles. The predicted molar refractivity (Wildman–Crippen MR) is 142 cm³/mol. The highest BCUT2D eigenvalue weighted by atomic mass is 19.1. The number of rotatable bonds is 6. The molecule has 4 heterocycles.